The topological polar surface area (TPSA) is 67.9 Å². The van der Waals surface area contributed by atoms with Gasteiger partial charge in [0, 0.05) is 30.4 Å². The highest BCUT2D eigenvalue weighted by Crippen LogP contribution is 2.30. The van der Waals surface area contributed by atoms with Gasteiger partial charge < -0.3 is 19.7 Å². The highest BCUT2D eigenvalue weighted by molar-refractivity contribution is 6.07. The third-order valence-corrected chi connectivity index (χ3v) is 5.41. The van der Waals surface area contributed by atoms with Gasteiger partial charge in [0.05, 0.1) is 19.8 Å². The molecule has 0 saturated heterocycles. The van der Waals surface area contributed by atoms with Crippen molar-refractivity contribution in [3.8, 4) is 11.5 Å². The lowest BCUT2D eigenvalue weighted by Gasteiger charge is -2.18. The minimum atomic E-state index is -0.221. The summed E-state index contributed by atoms with van der Waals surface area (Å²) < 4.78 is 10.5. The number of methoxy groups -OCH3 is 2. The first-order chi connectivity index (χ1) is 15.1. The quantitative estimate of drug-likeness (QED) is 0.663. The normalized spacial score (nSPS) is 12.3. The second kappa shape index (κ2) is 8.92. The van der Waals surface area contributed by atoms with Crippen LogP contribution in [0.4, 0.5) is 5.69 Å². The predicted molar refractivity (Wildman–Crippen MR) is 119 cm³/mol. The maximum Gasteiger partial charge on any atom is 0.258 e. The van der Waals surface area contributed by atoms with Crippen molar-refractivity contribution in [3.05, 3.63) is 89.0 Å². The number of rotatable bonds is 6. The van der Waals surface area contributed by atoms with Crippen LogP contribution in [0.25, 0.3) is 0 Å². The first-order valence-electron chi connectivity index (χ1n) is 10.1. The van der Waals surface area contributed by atoms with Gasteiger partial charge in [-0.25, -0.2) is 0 Å². The minimum Gasteiger partial charge on any atom is -0.497 e. The van der Waals surface area contributed by atoms with E-state index in [1.54, 1.807) is 25.3 Å². The van der Waals surface area contributed by atoms with E-state index in [0.29, 0.717) is 35.7 Å². The van der Waals surface area contributed by atoms with Crippen LogP contribution in [0.15, 0.2) is 66.7 Å². The van der Waals surface area contributed by atoms with E-state index in [1.165, 1.54) is 7.11 Å². The van der Waals surface area contributed by atoms with Gasteiger partial charge in [-0.1, -0.05) is 30.3 Å². The van der Waals surface area contributed by atoms with Crippen LogP contribution < -0.4 is 19.7 Å². The Labute approximate surface area is 181 Å². The molecule has 0 unspecified atom stereocenters. The predicted octanol–water partition coefficient (Wildman–Crippen LogP) is 3.84. The van der Waals surface area contributed by atoms with Gasteiger partial charge in [-0.3, -0.25) is 9.59 Å². The van der Waals surface area contributed by atoms with Gasteiger partial charge in [0.2, 0.25) is 0 Å². The Kier molecular flexibility index (Phi) is 5.89. The number of nitrogens with one attached hydrogen (secondary N) is 1. The molecule has 1 aliphatic heterocycles. The molecular weight excluding hydrogens is 392 g/mol. The minimum absolute atomic E-state index is 0.00648. The van der Waals surface area contributed by atoms with Crippen LogP contribution in [0.2, 0.25) is 0 Å². The molecule has 6 heteroatoms. The van der Waals surface area contributed by atoms with Crippen LogP contribution in [0, 0.1) is 0 Å². The third-order valence-electron chi connectivity index (χ3n) is 5.41. The summed E-state index contributed by atoms with van der Waals surface area (Å²) in [6, 6.07) is 20.4. The Morgan fingerprint density at radius 3 is 2.52 bits per heavy atom. The Bertz CT molecular complexity index is 1110. The molecular formula is C25H24N2O4. The second-order valence-electron chi connectivity index (χ2n) is 7.28. The number of carbonyl (C=O) groups excluding carboxylic acids is 2. The monoisotopic (exact) mass is 416 g/mol. The number of nitrogens with zero attached hydrogens (tertiary/aromatic N) is 1. The maximum atomic E-state index is 12.8. The molecule has 0 aliphatic carbocycles. The number of anilines is 1. The zero-order valence-corrected chi connectivity index (χ0v) is 17.6. The maximum absolute atomic E-state index is 12.8. The van der Waals surface area contributed by atoms with Crippen molar-refractivity contribution in [1.29, 1.82) is 0 Å². The summed E-state index contributed by atoms with van der Waals surface area (Å²) >= 11 is 0. The van der Waals surface area contributed by atoms with Crippen LogP contribution in [0.5, 0.6) is 11.5 Å². The summed E-state index contributed by atoms with van der Waals surface area (Å²) in [7, 11) is 3.09. The van der Waals surface area contributed by atoms with Crippen LogP contribution in [-0.4, -0.2) is 32.6 Å². The van der Waals surface area contributed by atoms with E-state index in [2.05, 4.69) is 11.4 Å². The van der Waals surface area contributed by atoms with Crippen LogP contribution in [0.1, 0.15) is 31.8 Å². The SMILES string of the molecule is COc1ccc(C(=O)NCc2ccc3c(c2)CCN3C(=O)c2ccccc2)c(OC)c1. The smallest absolute Gasteiger partial charge is 0.258 e. The van der Waals surface area contributed by atoms with Gasteiger partial charge in [0.25, 0.3) is 11.8 Å². The highest BCUT2D eigenvalue weighted by Gasteiger charge is 2.25. The summed E-state index contributed by atoms with van der Waals surface area (Å²) in [4.78, 5) is 27.3. The summed E-state index contributed by atoms with van der Waals surface area (Å²) in [5.74, 6) is 0.871. The van der Waals surface area contributed by atoms with E-state index in [9.17, 15) is 9.59 Å². The molecule has 2 amide bonds. The van der Waals surface area contributed by atoms with Crippen molar-refractivity contribution in [3.63, 3.8) is 0 Å². The molecule has 1 aliphatic rings. The largest absolute Gasteiger partial charge is 0.497 e. The lowest BCUT2D eigenvalue weighted by atomic mass is 10.1. The van der Waals surface area contributed by atoms with Gasteiger partial charge in [0.15, 0.2) is 0 Å². The highest BCUT2D eigenvalue weighted by atomic mass is 16.5. The number of hydrogen-bond acceptors (Lipinski definition) is 4. The number of carbonyl (C=O) groups is 2. The van der Waals surface area contributed by atoms with E-state index in [1.807, 2.05) is 47.4 Å². The number of amides is 2. The van der Waals surface area contributed by atoms with Crippen molar-refractivity contribution < 1.29 is 19.1 Å². The zero-order valence-electron chi connectivity index (χ0n) is 17.6. The van der Waals surface area contributed by atoms with Crippen LogP contribution in [-0.2, 0) is 13.0 Å². The van der Waals surface area contributed by atoms with E-state index in [-0.39, 0.29) is 11.8 Å². The third kappa shape index (κ3) is 4.23. The van der Waals surface area contributed by atoms with Crippen molar-refractivity contribution in [2.45, 2.75) is 13.0 Å². The molecule has 0 saturated carbocycles. The molecule has 4 rings (SSSR count). The number of ether oxygens (including phenoxy) is 2. The van der Waals surface area contributed by atoms with Gasteiger partial charge in [-0.15, -0.1) is 0 Å². The van der Waals surface area contributed by atoms with Crippen molar-refractivity contribution >= 4 is 17.5 Å². The molecule has 3 aromatic carbocycles. The fourth-order valence-corrected chi connectivity index (χ4v) is 3.78. The van der Waals surface area contributed by atoms with E-state index in [4.69, 9.17) is 9.47 Å². The van der Waals surface area contributed by atoms with Gasteiger partial charge in [0.1, 0.15) is 11.5 Å². The number of fused-ring (bicyclic) bond motifs is 1. The Balaban J connectivity index is 1.45. The first kappa shape index (κ1) is 20.5. The Morgan fingerprint density at radius 1 is 0.968 bits per heavy atom. The fourth-order valence-electron chi connectivity index (χ4n) is 3.78. The lowest BCUT2D eigenvalue weighted by Crippen LogP contribution is -2.28. The molecule has 3 aromatic rings. The van der Waals surface area contributed by atoms with E-state index < -0.39 is 0 Å². The standard InChI is InChI=1S/C25H24N2O4/c1-30-20-9-10-21(23(15-20)31-2)24(28)26-16-17-8-11-22-19(14-17)12-13-27(22)25(29)18-6-4-3-5-7-18/h3-11,14-15H,12-13,16H2,1-2H3,(H,26,28). The van der Waals surface area contributed by atoms with Crippen LogP contribution in [0.3, 0.4) is 0 Å². The van der Waals surface area contributed by atoms with Gasteiger partial charge in [-0.2, -0.15) is 0 Å². The van der Waals surface area contributed by atoms with Gasteiger partial charge in [-0.05, 0) is 47.9 Å². The van der Waals surface area contributed by atoms with Crippen LogP contribution >= 0.6 is 0 Å². The molecule has 0 spiro atoms. The molecule has 0 radical (unpaired) electrons. The molecule has 158 valence electrons. The second-order valence-corrected chi connectivity index (χ2v) is 7.28. The van der Waals surface area contributed by atoms with E-state index >= 15 is 0 Å². The van der Waals surface area contributed by atoms with E-state index in [0.717, 1.165) is 23.2 Å². The summed E-state index contributed by atoms with van der Waals surface area (Å²) in [5, 5.41) is 2.94. The average molecular weight is 416 g/mol. The van der Waals surface area contributed by atoms with Crippen molar-refractivity contribution in [2.24, 2.45) is 0 Å². The van der Waals surface area contributed by atoms with Crippen molar-refractivity contribution in [1.82, 2.24) is 5.32 Å². The van der Waals surface area contributed by atoms with Crippen molar-refractivity contribution in [2.75, 3.05) is 25.7 Å². The molecule has 1 N–H and O–H groups in total. The number of benzene rings is 3. The molecule has 0 atom stereocenters. The molecule has 31 heavy (non-hydrogen) atoms. The average Bonchev–Trinajstić information content (AvgIpc) is 3.25. The Morgan fingerprint density at radius 2 is 1.77 bits per heavy atom. The molecule has 1 heterocycles. The summed E-state index contributed by atoms with van der Waals surface area (Å²) in [6.07, 6.45) is 0.794. The molecule has 0 aromatic heterocycles. The van der Waals surface area contributed by atoms with Gasteiger partial charge >= 0.3 is 0 Å². The fraction of sp³-hybridized carbons (Fsp3) is 0.200. The molecule has 0 fully saturated rings. The zero-order chi connectivity index (χ0) is 21.8. The summed E-state index contributed by atoms with van der Waals surface area (Å²) in [6.45, 7) is 1.04. The first-order valence-corrected chi connectivity index (χ1v) is 10.1. The Hall–Kier alpha value is -3.80. The lowest BCUT2D eigenvalue weighted by molar-refractivity contribution is 0.0946. The molecule has 6 nitrogen and oxygen atoms in total. The number of hydrogen-bond donors (Lipinski definition) is 1. The summed E-state index contributed by atoms with van der Waals surface area (Å²) in [5.41, 5.74) is 4.15. The molecule has 0 bridgehead atoms.